The number of ether oxygens (including phenoxy) is 5. The van der Waals surface area contributed by atoms with E-state index in [9.17, 15) is 23.1 Å². The molecule has 48 heavy (non-hydrogen) atoms. The summed E-state index contributed by atoms with van der Waals surface area (Å²) in [6.07, 6.45) is 2.98. The van der Waals surface area contributed by atoms with Gasteiger partial charge in [0.15, 0.2) is 6.29 Å². The lowest BCUT2D eigenvalue weighted by Crippen LogP contribution is -2.53. The van der Waals surface area contributed by atoms with Crippen molar-refractivity contribution in [3.8, 4) is 11.5 Å². The van der Waals surface area contributed by atoms with Crippen LogP contribution in [0.4, 0.5) is 4.79 Å². The molecule has 4 aliphatic heterocycles. The van der Waals surface area contributed by atoms with E-state index in [-0.39, 0.29) is 55.2 Å². The van der Waals surface area contributed by atoms with Gasteiger partial charge in [0, 0.05) is 38.2 Å². The number of nitrogens with zero attached hydrogens (tertiary/aromatic N) is 2. The monoisotopic (exact) mass is 685 g/mol. The number of carbonyl (C=O) groups is 2. The number of hydrogen-bond donors (Lipinski definition) is 2. The Morgan fingerprint density at radius 1 is 1.10 bits per heavy atom. The standard InChI is InChI=1S/C34H43N3O10S/c1-43-25-11-12-31-29(19-25)44-16-7-3-6-15-37-24(10-13-32(37)39)20-36(48(31,41)42)21-28(38)27(18-23-8-4-2-5-9-23)35-34(40)47-30-22-46-33-26(30)14-17-45-33/h2-6,8-9,11-12,19,24,26-28,30,33,38H,7,10,13-18,20-22H2,1H3,(H,35,40)/b6-3-/t24-,26-,27-,28+,30-,33+/m0/s1. The molecule has 14 heteroatoms. The smallest absolute Gasteiger partial charge is 0.407 e. The fraction of sp³-hybridized carbons (Fsp3) is 0.529. The predicted molar refractivity (Wildman–Crippen MR) is 173 cm³/mol. The maximum atomic E-state index is 14.5. The lowest BCUT2D eigenvalue weighted by molar-refractivity contribution is -0.128. The molecule has 0 saturated carbocycles. The van der Waals surface area contributed by atoms with Crippen LogP contribution in [-0.4, -0.2) is 112 Å². The first-order chi connectivity index (χ1) is 23.2. The summed E-state index contributed by atoms with van der Waals surface area (Å²) >= 11 is 0. The number of rotatable bonds is 8. The van der Waals surface area contributed by atoms with Gasteiger partial charge < -0.3 is 39.0 Å². The van der Waals surface area contributed by atoms with Gasteiger partial charge in [-0.1, -0.05) is 42.5 Å². The van der Waals surface area contributed by atoms with Crippen molar-refractivity contribution in [3.05, 3.63) is 66.2 Å². The molecule has 2 amide bonds. The van der Waals surface area contributed by atoms with Crippen molar-refractivity contribution in [2.45, 2.75) is 67.6 Å². The van der Waals surface area contributed by atoms with Crippen molar-refractivity contribution in [2.75, 3.05) is 46.6 Å². The van der Waals surface area contributed by atoms with E-state index in [0.717, 1.165) is 5.56 Å². The Morgan fingerprint density at radius 3 is 2.75 bits per heavy atom. The van der Waals surface area contributed by atoms with Crippen molar-refractivity contribution >= 4 is 22.0 Å². The lowest BCUT2D eigenvalue weighted by atomic mass is 10.0. The van der Waals surface area contributed by atoms with Gasteiger partial charge in [-0.2, -0.15) is 4.31 Å². The van der Waals surface area contributed by atoms with Gasteiger partial charge in [-0.15, -0.1) is 0 Å². The molecule has 6 rings (SSSR count). The van der Waals surface area contributed by atoms with Crippen LogP contribution in [0.25, 0.3) is 0 Å². The zero-order valence-corrected chi connectivity index (χ0v) is 27.8. The highest BCUT2D eigenvalue weighted by Crippen LogP contribution is 2.34. The number of hydrogen-bond acceptors (Lipinski definition) is 10. The second-order valence-electron chi connectivity index (χ2n) is 12.5. The third kappa shape index (κ3) is 7.78. The molecule has 2 N–H and O–H groups in total. The Labute approximate surface area is 280 Å². The van der Waals surface area contributed by atoms with E-state index in [1.54, 1.807) is 11.0 Å². The van der Waals surface area contributed by atoms with Crippen LogP contribution in [0, 0.1) is 5.92 Å². The molecule has 4 aliphatic rings. The molecule has 0 unspecified atom stereocenters. The van der Waals surface area contributed by atoms with E-state index in [1.165, 1.54) is 23.5 Å². The van der Waals surface area contributed by atoms with Crippen LogP contribution in [-0.2, 0) is 35.4 Å². The summed E-state index contributed by atoms with van der Waals surface area (Å²) < 4.78 is 58.4. The molecule has 2 aromatic rings. The van der Waals surface area contributed by atoms with Gasteiger partial charge in [0.2, 0.25) is 15.9 Å². The maximum absolute atomic E-state index is 14.5. The number of methoxy groups -OCH3 is 1. The van der Waals surface area contributed by atoms with E-state index < -0.39 is 46.7 Å². The molecule has 4 heterocycles. The Morgan fingerprint density at radius 2 is 1.94 bits per heavy atom. The number of nitrogens with one attached hydrogen (secondary N) is 1. The number of alkyl carbamates (subject to hydrolysis) is 1. The summed E-state index contributed by atoms with van der Waals surface area (Å²) in [6.45, 7) is 0.844. The van der Waals surface area contributed by atoms with Crippen LogP contribution < -0.4 is 14.8 Å². The predicted octanol–water partition coefficient (Wildman–Crippen LogP) is 2.48. The Bertz CT molecular complexity index is 1570. The quantitative estimate of drug-likeness (QED) is 0.397. The van der Waals surface area contributed by atoms with E-state index in [4.69, 9.17) is 23.7 Å². The molecule has 0 bridgehead atoms. The van der Waals surface area contributed by atoms with Gasteiger partial charge >= 0.3 is 6.09 Å². The van der Waals surface area contributed by atoms with Gasteiger partial charge in [0.1, 0.15) is 22.5 Å². The molecule has 0 aliphatic carbocycles. The number of amides is 2. The van der Waals surface area contributed by atoms with E-state index >= 15 is 0 Å². The Kier molecular flexibility index (Phi) is 10.9. The van der Waals surface area contributed by atoms with E-state index in [2.05, 4.69) is 5.32 Å². The van der Waals surface area contributed by atoms with Gasteiger partial charge in [0.05, 0.1) is 45.0 Å². The van der Waals surface area contributed by atoms with Crippen LogP contribution in [0.2, 0.25) is 0 Å². The molecule has 3 saturated heterocycles. The van der Waals surface area contributed by atoms with Crippen molar-refractivity contribution < 1.29 is 46.8 Å². The van der Waals surface area contributed by atoms with Gasteiger partial charge in [-0.25, -0.2) is 13.2 Å². The summed E-state index contributed by atoms with van der Waals surface area (Å²) in [5.41, 5.74) is 0.827. The fourth-order valence-electron chi connectivity index (χ4n) is 6.72. The van der Waals surface area contributed by atoms with Gasteiger partial charge in [-0.05, 0) is 43.4 Å². The van der Waals surface area contributed by atoms with Crippen molar-refractivity contribution in [2.24, 2.45) is 5.92 Å². The van der Waals surface area contributed by atoms with Gasteiger partial charge in [-0.3, -0.25) is 4.79 Å². The molecular formula is C34H43N3O10S. The van der Waals surface area contributed by atoms with Crippen molar-refractivity contribution in [1.82, 2.24) is 14.5 Å². The van der Waals surface area contributed by atoms with E-state index in [0.29, 0.717) is 44.6 Å². The maximum Gasteiger partial charge on any atom is 0.407 e. The lowest BCUT2D eigenvalue weighted by Gasteiger charge is -2.33. The molecule has 260 valence electrons. The second kappa shape index (κ2) is 15.2. The first-order valence-electron chi connectivity index (χ1n) is 16.4. The molecular weight excluding hydrogens is 642 g/mol. The highest BCUT2D eigenvalue weighted by atomic mass is 32.2. The molecule has 3 fully saturated rings. The highest BCUT2D eigenvalue weighted by molar-refractivity contribution is 7.89. The molecule has 2 aromatic carbocycles. The third-order valence-electron chi connectivity index (χ3n) is 9.35. The number of benzene rings is 2. The number of fused-ring (bicyclic) bond motifs is 3. The summed E-state index contributed by atoms with van der Waals surface area (Å²) in [5.74, 6) is 0.418. The van der Waals surface area contributed by atoms with Crippen molar-refractivity contribution in [1.29, 1.82) is 0 Å². The Balaban J connectivity index is 1.29. The number of aliphatic hydroxyl groups is 1. The summed E-state index contributed by atoms with van der Waals surface area (Å²) in [7, 11) is -2.82. The molecule has 6 atom stereocenters. The highest BCUT2D eigenvalue weighted by Gasteiger charge is 2.44. The van der Waals surface area contributed by atoms with Gasteiger partial charge in [0.25, 0.3) is 0 Å². The average Bonchev–Trinajstić information content (AvgIpc) is 3.79. The number of sulfonamides is 1. The van der Waals surface area contributed by atoms with Crippen LogP contribution in [0.3, 0.4) is 0 Å². The van der Waals surface area contributed by atoms with Crippen LogP contribution in [0.1, 0.15) is 31.2 Å². The first kappa shape index (κ1) is 34.2. The minimum absolute atomic E-state index is 0.0593. The first-order valence-corrected chi connectivity index (χ1v) is 17.8. The summed E-state index contributed by atoms with van der Waals surface area (Å²) in [5, 5.41) is 14.6. The zero-order chi connectivity index (χ0) is 33.7. The average molecular weight is 686 g/mol. The Hall–Kier alpha value is -3.69. The molecule has 0 spiro atoms. The van der Waals surface area contributed by atoms with Crippen LogP contribution in [0.15, 0.2) is 65.6 Å². The summed E-state index contributed by atoms with van der Waals surface area (Å²) in [4.78, 5) is 27.7. The normalized spacial score (nSPS) is 27.5. The minimum Gasteiger partial charge on any atom is -0.497 e. The van der Waals surface area contributed by atoms with Crippen LogP contribution >= 0.6 is 0 Å². The number of β-amino-alcohol motifs (C(OH)–C–C–N with tert-alkyl or cyclic N) is 1. The second-order valence-corrected chi connectivity index (χ2v) is 14.4. The molecule has 0 aromatic heterocycles. The van der Waals surface area contributed by atoms with Crippen molar-refractivity contribution in [3.63, 3.8) is 0 Å². The largest absolute Gasteiger partial charge is 0.497 e. The fourth-order valence-corrected chi connectivity index (χ4v) is 8.33. The van der Waals surface area contributed by atoms with Crippen LogP contribution in [0.5, 0.6) is 11.5 Å². The number of aliphatic hydroxyl groups excluding tert-OH is 1. The minimum atomic E-state index is -4.30. The summed E-state index contributed by atoms with van der Waals surface area (Å²) in [6, 6.07) is 12.4. The van der Waals surface area contributed by atoms with E-state index in [1.807, 2.05) is 42.5 Å². The third-order valence-corrected chi connectivity index (χ3v) is 11.2. The number of carbonyl (C=O) groups excluding carboxylic acids is 2. The topological polar surface area (TPSA) is 153 Å². The molecule has 0 radical (unpaired) electrons. The zero-order valence-electron chi connectivity index (χ0n) is 26.9. The molecule has 13 nitrogen and oxygen atoms in total. The SMILES string of the molecule is COc1ccc2c(c1)OCC/C=C\CN1C(=O)CC[C@H]1CN(C[C@@H](O)[C@H](Cc1ccccc1)NC(=O)O[C@H]1CO[C@H]3OCC[C@H]31)S2(=O)=O.